The van der Waals surface area contributed by atoms with Crippen LogP contribution in [0.2, 0.25) is 0 Å². The van der Waals surface area contributed by atoms with Crippen molar-refractivity contribution in [1.29, 1.82) is 0 Å². The Bertz CT molecular complexity index is 997. The van der Waals surface area contributed by atoms with Gasteiger partial charge in [0.2, 0.25) is 5.91 Å². The number of para-hydroxylation sites is 1. The first-order valence-corrected chi connectivity index (χ1v) is 10.2. The van der Waals surface area contributed by atoms with Crippen LogP contribution in [-0.2, 0) is 4.79 Å². The number of hydrogen-bond donors (Lipinski definition) is 1. The number of hydrogen-bond acceptors (Lipinski definition) is 6. The molecule has 0 spiro atoms. The van der Waals surface area contributed by atoms with Crippen molar-refractivity contribution < 1.29 is 13.9 Å². The predicted molar refractivity (Wildman–Crippen MR) is 105 cm³/mol. The largest absolute Gasteiger partial charge is 0.488 e. The van der Waals surface area contributed by atoms with Gasteiger partial charge in [-0.2, -0.15) is 0 Å². The zero-order chi connectivity index (χ0) is 19.1. The topological polar surface area (TPSA) is 67.4 Å². The van der Waals surface area contributed by atoms with Crippen LogP contribution < -0.4 is 15.0 Å². The number of nitrogens with one attached hydrogen (secondary N) is 1. The number of ether oxygens (including phenoxy) is 1. The molecule has 1 amide bonds. The minimum absolute atomic E-state index is 0.00219. The first-order chi connectivity index (χ1) is 13.7. The quantitative estimate of drug-likeness (QED) is 0.716. The Morgan fingerprint density at radius 1 is 1.21 bits per heavy atom. The fraction of sp³-hybridized carbons (Fsp3) is 0.350. The molecule has 28 heavy (non-hydrogen) atoms. The minimum atomic E-state index is -0.345. The highest BCUT2D eigenvalue weighted by Crippen LogP contribution is 2.35. The Kier molecular flexibility index (Phi) is 4.35. The summed E-state index contributed by atoms with van der Waals surface area (Å²) in [6.45, 7) is 1.39. The lowest BCUT2D eigenvalue weighted by atomic mass is 9.81. The number of halogens is 1. The van der Waals surface area contributed by atoms with Crippen LogP contribution in [-0.4, -0.2) is 41.1 Å². The van der Waals surface area contributed by atoms with Crippen LogP contribution in [0.25, 0.3) is 10.2 Å². The molecule has 2 aromatic heterocycles. The average Bonchev–Trinajstić information content (AvgIpc) is 3.11. The lowest BCUT2D eigenvalue weighted by Gasteiger charge is -2.42. The number of carbonyl (C=O) groups excluding carboxylic acids is 1. The maximum atomic E-state index is 12.9. The molecule has 1 N–H and O–H groups in total. The van der Waals surface area contributed by atoms with Gasteiger partial charge in [-0.1, -0.05) is 6.07 Å². The molecule has 1 aliphatic heterocycles. The molecule has 2 fully saturated rings. The van der Waals surface area contributed by atoms with E-state index in [1.54, 1.807) is 17.4 Å². The third-order valence-corrected chi connectivity index (χ3v) is 6.14. The number of thiazole rings is 1. The van der Waals surface area contributed by atoms with Gasteiger partial charge >= 0.3 is 0 Å². The van der Waals surface area contributed by atoms with Gasteiger partial charge in [0.15, 0.2) is 0 Å². The molecule has 6 nitrogen and oxygen atoms in total. The van der Waals surface area contributed by atoms with Gasteiger partial charge in [0.05, 0.1) is 22.4 Å². The highest BCUT2D eigenvalue weighted by atomic mass is 32.1. The summed E-state index contributed by atoms with van der Waals surface area (Å²) in [5.41, 5.74) is 2.71. The molecule has 3 heterocycles. The molecule has 1 aromatic carbocycles. The van der Waals surface area contributed by atoms with Crippen molar-refractivity contribution in [2.75, 3.05) is 18.0 Å². The number of anilines is 1. The van der Waals surface area contributed by atoms with E-state index in [0.29, 0.717) is 13.1 Å². The molecule has 3 aromatic rings. The van der Waals surface area contributed by atoms with Gasteiger partial charge in [-0.05, 0) is 37.1 Å². The van der Waals surface area contributed by atoms with Crippen LogP contribution >= 0.6 is 11.3 Å². The first kappa shape index (κ1) is 17.4. The van der Waals surface area contributed by atoms with Crippen molar-refractivity contribution >= 4 is 33.3 Å². The molecule has 0 bridgehead atoms. The zero-order valence-corrected chi connectivity index (χ0v) is 15.9. The monoisotopic (exact) mass is 398 g/mol. The Balaban J connectivity index is 1.08. The average molecular weight is 398 g/mol. The maximum Gasteiger partial charge on any atom is 0.223 e. The number of carbonyl (C=O) groups is 1. The Morgan fingerprint density at radius 2 is 2.07 bits per heavy atom. The van der Waals surface area contributed by atoms with Gasteiger partial charge in [-0.25, -0.2) is 14.4 Å². The molecule has 8 heteroatoms. The second-order valence-electron chi connectivity index (χ2n) is 7.31. The van der Waals surface area contributed by atoms with E-state index in [1.165, 1.54) is 12.3 Å². The molecule has 1 saturated heterocycles. The summed E-state index contributed by atoms with van der Waals surface area (Å²) in [5, 5.41) is 3.09. The number of benzene rings is 1. The highest BCUT2D eigenvalue weighted by Gasteiger charge is 2.38. The van der Waals surface area contributed by atoms with Crippen molar-refractivity contribution in [3.8, 4) is 5.75 Å². The zero-order valence-electron chi connectivity index (χ0n) is 15.0. The van der Waals surface area contributed by atoms with Gasteiger partial charge in [-0.3, -0.25) is 4.79 Å². The lowest BCUT2D eigenvalue weighted by molar-refractivity contribution is -0.131. The normalized spacial score (nSPS) is 21.8. The van der Waals surface area contributed by atoms with E-state index in [2.05, 4.69) is 15.3 Å². The number of amides is 1. The van der Waals surface area contributed by atoms with Gasteiger partial charge in [0.25, 0.3) is 0 Å². The molecule has 1 saturated carbocycles. The van der Waals surface area contributed by atoms with Gasteiger partial charge < -0.3 is 15.0 Å². The van der Waals surface area contributed by atoms with Crippen LogP contribution in [0.3, 0.4) is 0 Å². The summed E-state index contributed by atoms with van der Waals surface area (Å²) in [7, 11) is 0. The van der Waals surface area contributed by atoms with Gasteiger partial charge in [0.1, 0.15) is 29.0 Å². The number of rotatable bonds is 5. The van der Waals surface area contributed by atoms with E-state index in [0.717, 1.165) is 34.6 Å². The van der Waals surface area contributed by atoms with Crippen molar-refractivity contribution in [2.45, 2.75) is 25.0 Å². The number of nitrogens with zero attached hydrogens (tertiary/aromatic N) is 3. The fourth-order valence-electron chi connectivity index (χ4n) is 3.64. The Morgan fingerprint density at radius 3 is 2.86 bits per heavy atom. The van der Waals surface area contributed by atoms with E-state index < -0.39 is 0 Å². The third kappa shape index (κ3) is 3.28. The van der Waals surface area contributed by atoms with Crippen LogP contribution in [0.15, 0.2) is 42.0 Å². The summed E-state index contributed by atoms with van der Waals surface area (Å²) in [6, 6.07) is 9.10. The van der Waals surface area contributed by atoms with Crippen LogP contribution in [0, 0.1) is 11.7 Å². The number of aromatic nitrogens is 2. The molecular formula is C20H19FN4O2S. The van der Waals surface area contributed by atoms with Crippen molar-refractivity contribution in [1.82, 2.24) is 15.3 Å². The molecule has 2 aliphatic rings. The molecule has 0 radical (unpaired) electrons. The standard InChI is InChI=1S/C20H19FN4O2S/c21-13-4-5-18(22-8-13)25-9-14(10-25)24-20(26)12-6-15(7-12)27-16-2-1-3-17-19(16)23-11-28-17/h1-5,8,11-12,14-15H,6-7,9-10H2,(H,24,26). The second-order valence-corrected chi connectivity index (χ2v) is 8.19. The summed E-state index contributed by atoms with van der Waals surface area (Å²) >= 11 is 1.59. The summed E-state index contributed by atoms with van der Waals surface area (Å²) in [5.74, 6) is 1.27. The van der Waals surface area contributed by atoms with Crippen molar-refractivity contribution in [3.63, 3.8) is 0 Å². The number of fused-ring (bicyclic) bond motifs is 1. The summed E-state index contributed by atoms with van der Waals surface area (Å²) < 4.78 is 20.1. The van der Waals surface area contributed by atoms with Crippen molar-refractivity contribution in [2.24, 2.45) is 5.92 Å². The number of pyridine rings is 1. The van der Waals surface area contributed by atoms with Crippen LogP contribution in [0.4, 0.5) is 10.2 Å². The van der Waals surface area contributed by atoms with Crippen molar-refractivity contribution in [3.05, 3.63) is 47.9 Å². The second kappa shape index (κ2) is 7.01. The first-order valence-electron chi connectivity index (χ1n) is 9.31. The Hall–Kier alpha value is -2.74. The minimum Gasteiger partial charge on any atom is -0.488 e. The van der Waals surface area contributed by atoms with E-state index >= 15 is 0 Å². The predicted octanol–water partition coefficient (Wildman–Crippen LogP) is 2.99. The lowest BCUT2D eigenvalue weighted by Crippen LogP contribution is -2.61. The molecule has 0 unspecified atom stereocenters. The molecular weight excluding hydrogens is 379 g/mol. The summed E-state index contributed by atoms with van der Waals surface area (Å²) in [4.78, 5) is 22.9. The van der Waals surface area contributed by atoms with E-state index in [4.69, 9.17) is 4.74 Å². The molecule has 0 atom stereocenters. The van der Waals surface area contributed by atoms with E-state index in [1.807, 2.05) is 28.6 Å². The van der Waals surface area contributed by atoms with E-state index in [-0.39, 0.29) is 29.8 Å². The molecule has 5 rings (SSSR count). The van der Waals surface area contributed by atoms with Gasteiger partial charge in [-0.15, -0.1) is 11.3 Å². The highest BCUT2D eigenvalue weighted by molar-refractivity contribution is 7.16. The summed E-state index contributed by atoms with van der Waals surface area (Å²) in [6.07, 6.45) is 2.72. The van der Waals surface area contributed by atoms with Crippen LogP contribution in [0.5, 0.6) is 5.75 Å². The maximum absolute atomic E-state index is 12.9. The Labute approximate surface area is 165 Å². The SMILES string of the molecule is O=C(NC1CN(c2ccc(F)cn2)C1)C1CC(Oc2cccc3scnc23)C1. The van der Waals surface area contributed by atoms with Crippen LogP contribution in [0.1, 0.15) is 12.8 Å². The smallest absolute Gasteiger partial charge is 0.223 e. The van der Waals surface area contributed by atoms with Gasteiger partial charge in [0, 0.05) is 19.0 Å². The molecule has 144 valence electrons. The van der Waals surface area contributed by atoms with E-state index in [9.17, 15) is 9.18 Å². The molecule has 1 aliphatic carbocycles. The fourth-order valence-corrected chi connectivity index (χ4v) is 4.34. The third-order valence-electron chi connectivity index (χ3n) is 5.35.